The lowest BCUT2D eigenvalue weighted by Crippen LogP contribution is -2.07. The van der Waals surface area contributed by atoms with Crippen molar-refractivity contribution in [2.24, 2.45) is 0 Å². The van der Waals surface area contributed by atoms with E-state index in [4.69, 9.17) is 0 Å². The van der Waals surface area contributed by atoms with Crippen LogP contribution < -0.4 is 0 Å². The number of halogens is 3. The molecule has 0 aliphatic rings. The van der Waals surface area contributed by atoms with Crippen LogP contribution in [0.25, 0.3) is 5.57 Å². The molecule has 0 atom stereocenters. The van der Waals surface area contributed by atoms with Gasteiger partial charge in [0.2, 0.25) is 0 Å². The molecule has 1 aromatic rings. The summed E-state index contributed by atoms with van der Waals surface area (Å²) in [6.45, 7) is 2.95. The number of allylic oxidation sites excluding steroid dienone is 1. The third-order valence-electron chi connectivity index (χ3n) is 1.16. The second kappa shape index (κ2) is 2.70. The molecule has 0 aromatic carbocycles. The monoisotopic (exact) mass is 178 g/mol. The van der Waals surface area contributed by atoms with Gasteiger partial charge in [0.15, 0.2) is 0 Å². The summed E-state index contributed by atoms with van der Waals surface area (Å²) in [7, 11) is 0. The molecule has 11 heavy (non-hydrogen) atoms. The Morgan fingerprint density at radius 1 is 1.45 bits per heavy atom. The third-order valence-corrected chi connectivity index (χ3v) is 2.09. The van der Waals surface area contributed by atoms with E-state index in [2.05, 4.69) is 6.58 Å². The van der Waals surface area contributed by atoms with E-state index in [1.165, 1.54) is 6.07 Å². The first-order chi connectivity index (χ1) is 5.02. The molecule has 0 unspecified atom stereocenters. The van der Waals surface area contributed by atoms with Crippen molar-refractivity contribution in [3.63, 3.8) is 0 Å². The second-order valence-corrected chi connectivity index (χ2v) is 2.90. The molecule has 0 bridgehead atoms. The Hall–Kier alpha value is -0.770. The Balaban J connectivity index is 2.88. The minimum absolute atomic E-state index is 0.178. The molecule has 0 amide bonds. The van der Waals surface area contributed by atoms with Crippen LogP contribution in [-0.2, 0) is 0 Å². The first kappa shape index (κ1) is 8.33. The summed E-state index contributed by atoms with van der Waals surface area (Å²) in [5, 5.41) is 1.59. The van der Waals surface area contributed by atoms with Crippen molar-refractivity contribution in [1.29, 1.82) is 0 Å². The lowest BCUT2D eigenvalue weighted by Gasteiger charge is -2.06. The van der Waals surface area contributed by atoms with Crippen molar-refractivity contribution < 1.29 is 13.2 Å². The molecule has 1 aromatic heterocycles. The fourth-order valence-corrected chi connectivity index (χ4v) is 1.31. The number of thiophene rings is 1. The van der Waals surface area contributed by atoms with Crippen molar-refractivity contribution in [2.75, 3.05) is 0 Å². The van der Waals surface area contributed by atoms with Gasteiger partial charge in [0.05, 0.1) is 5.57 Å². The molecule has 1 heterocycles. The van der Waals surface area contributed by atoms with Crippen molar-refractivity contribution in [1.82, 2.24) is 0 Å². The van der Waals surface area contributed by atoms with Gasteiger partial charge in [-0.05, 0) is 11.4 Å². The predicted molar refractivity (Wildman–Crippen MR) is 39.4 cm³/mol. The highest BCUT2D eigenvalue weighted by Crippen LogP contribution is 2.34. The molecule has 0 nitrogen and oxygen atoms in total. The van der Waals surface area contributed by atoms with E-state index in [0.29, 0.717) is 0 Å². The van der Waals surface area contributed by atoms with Crippen molar-refractivity contribution in [2.45, 2.75) is 6.18 Å². The van der Waals surface area contributed by atoms with Gasteiger partial charge < -0.3 is 0 Å². The number of hydrogen-bond acceptors (Lipinski definition) is 1. The van der Waals surface area contributed by atoms with Gasteiger partial charge in [-0.1, -0.05) is 12.6 Å². The van der Waals surface area contributed by atoms with Crippen LogP contribution in [0.4, 0.5) is 13.2 Å². The maximum atomic E-state index is 11.9. The molecule has 0 spiro atoms. The summed E-state index contributed by atoms with van der Waals surface area (Å²) < 4.78 is 35.8. The van der Waals surface area contributed by atoms with Gasteiger partial charge in [-0.25, -0.2) is 0 Å². The molecule has 0 saturated carbocycles. The van der Waals surface area contributed by atoms with Crippen LogP contribution in [0.15, 0.2) is 24.1 Å². The predicted octanol–water partition coefficient (Wildman–Crippen LogP) is 3.32. The minimum atomic E-state index is -4.30. The van der Waals surface area contributed by atoms with Crippen LogP contribution in [0, 0.1) is 0 Å². The Morgan fingerprint density at radius 3 is 2.45 bits per heavy atom. The summed E-state index contributed by atoms with van der Waals surface area (Å²) in [5.41, 5.74) is -0.771. The normalized spacial score (nSPS) is 11.5. The molecular weight excluding hydrogens is 173 g/mol. The first-order valence-corrected chi connectivity index (χ1v) is 3.70. The Bertz CT molecular complexity index is 245. The van der Waals surface area contributed by atoms with Crippen LogP contribution in [-0.4, -0.2) is 6.18 Å². The largest absolute Gasteiger partial charge is 0.417 e. The lowest BCUT2D eigenvalue weighted by molar-refractivity contribution is -0.0684. The SMILES string of the molecule is C=C(c1cccs1)C(F)(F)F. The highest BCUT2D eigenvalue weighted by Gasteiger charge is 2.33. The molecular formula is C7H5F3S. The Labute approximate surface area is 66.0 Å². The fraction of sp³-hybridized carbons (Fsp3) is 0.143. The smallest absolute Gasteiger partial charge is 0.166 e. The molecule has 0 aliphatic carbocycles. The van der Waals surface area contributed by atoms with Crippen molar-refractivity contribution in [3.8, 4) is 0 Å². The van der Waals surface area contributed by atoms with Gasteiger partial charge in [-0.3, -0.25) is 0 Å². The van der Waals surface area contributed by atoms with Crippen molar-refractivity contribution in [3.05, 3.63) is 29.0 Å². The van der Waals surface area contributed by atoms with Gasteiger partial charge in [0, 0.05) is 4.88 Å². The van der Waals surface area contributed by atoms with Gasteiger partial charge in [0.1, 0.15) is 0 Å². The third kappa shape index (κ3) is 1.83. The van der Waals surface area contributed by atoms with Gasteiger partial charge >= 0.3 is 6.18 Å². The molecule has 0 fully saturated rings. The highest BCUT2D eigenvalue weighted by molar-refractivity contribution is 7.11. The number of alkyl halides is 3. The van der Waals surface area contributed by atoms with E-state index in [0.717, 1.165) is 11.3 Å². The quantitative estimate of drug-likeness (QED) is 0.618. The summed E-state index contributed by atoms with van der Waals surface area (Å²) in [5.74, 6) is 0. The van der Waals surface area contributed by atoms with Crippen LogP contribution in [0.3, 0.4) is 0 Å². The summed E-state index contributed by atoms with van der Waals surface area (Å²) >= 11 is 1.04. The van der Waals surface area contributed by atoms with Gasteiger partial charge in [0.25, 0.3) is 0 Å². The van der Waals surface area contributed by atoms with Crippen LogP contribution in [0.1, 0.15) is 4.88 Å². The molecule has 1 rings (SSSR count). The van der Waals surface area contributed by atoms with E-state index < -0.39 is 11.7 Å². The van der Waals surface area contributed by atoms with E-state index in [-0.39, 0.29) is 4.88 Å². The molecule has 0 N–H and O–H groups in total. The maximum absolute atomic E-state index is 11.9. The second-order valence-electron chi connectivity index (χ2n) is 1.95. The van der Waals surface area contributed by atoms with E-state index >= 15 is 0 Å². The Kier molecular flexibility index (Phi) is 2.04. The number of hydrogen-bond donors (Lipinski definition) is 0. The fourth-order valence-electron chi connectivity index (χ4n) is 0.590. The maximum Gasteiger partial charge on any atom is 0.417 e. The molecule has 0 radical (unpaired) electrons. The zero-order chi connectivity index (χ0) is 8.48. The average molecular weight is 178 g/mol. The Morgan fingerprint density at radius 2 is 2.09 bits per heavy atom. The van der Waals surface area contributed by atoms with Gasteiger partial charge in [-0.15, -0.1) is 11.3 Å². The van der Waals surface area contributed by atoms with E-state index in [1.54, 1.807) is 11.4 Å². The average Bonchev–Trinajstić information content (AvgIpc) is 2.34. The summed E-state index contributed by atoms with van der Waals surface area (Å²) in [6.07, 6.45) is -4.30. The number of rotatable bonds is 1. The molecule has 0 saturated heterocycles. The summed E-state index contributed by atoms with van der Waals surface area (Å²) in [6, 6.07) is 2.97. The van der Waals surface area contributed by atoms with Gasteiger partial charge in [-0.2, -0.15) is 13.2 Å². The zero-order valence-electron chi connectivity index (χ0n) is 5.48. The molecule has 60 valence electrons. The zero-order valence-corrected chi connectivity index (χ0v) is 6.30. The lowest BCUT2D eigenvalue weighted by atomic mass is 10.2. The van der Waals surface area contributed by atoms with Crippen LogP contribution in [0.2, 0.25) is 0 Å². The summed E-state index contributed by atoms with van der Waals surface area (Å²) in [4.78, 5) is 0.178. The highest BCUT2D eigenvalue weighted by atomic mass is 32.1. The van der Waals surface area contributed by atoms with Crippen molar-refractivity contribution >= 4 is 16.9 Å². The van der Waals surface area contributed by atoms with E-state index in [1.807, 2.05) is 0 Å². The topological polar surface area (TPSA) is 0 Å². The molecule has 0 aliphatic heterocycles. The van der Waals surface area contributed by atoms with Crippen LogP contribution in [0.5, 0.6) is 0 Å². The van der Waals surface area contributed by atoms with E-state index in [9.17, 15) is 13.2 Å². The molecule has 4 heteroatoms. The van der Waals surface area contributed by atoms with Crippen LogP contribution >= 0.6 is 11.3 Å². The standard InChI is InChI=1S/C7H5F3S/c1-5(7(8,9)10)6-3-2-4-11-6/h2-4H,1H2. The minimum Gasteiger partial charge on any atom is -0.166 e. The first-order valence-electron chi connectivity index (χ1n) is 2.82.